The third kappa shape index (κ3) is 4.56. The number of halogens is 1. The van der Waals surface area contributed by atoms with Gasteiger partial charge in [0, 0.05) is 23.9 Å². The molecule has 1 rings (SSSR count). The van der Waals surface area contributed by atoms with E-state index in [1.54, 1.807) is 6.08 Å². The Morgan fingerprint density at radius 2 is 1.95 bits per heavy atom. The highest BCUT2D eigenvalue weighted by Gasteiger charge is 2.15. The smallest absolute Gasteiger partial charge is 0.307 e. The van der Waals surface area contributed by atoms with Gasteiger partial charge < -0.3 is 4.74 Å². The van der Waals surface area contributed by atoms with Gasteiger partial charge in [0.25, 0.3) is 0 Å². The maximum Gasteiger partial charge on any atom is 0.307 e. The maximum absolute atomic E-state index is 11.2. The van der Waals surface area contributed by atoms with Gasteiger partial charge in [0.2, 0.25) is 0 Å². The lowest BCUT2D eigenvalue weighted by atomic mass is 9.93. The van der Waals surface area contributed by atoms with E-state index in [-0.39, 0.29) is 11.9 Å². The van der Waals surface area contributed by atoms with Crippen LogP contribution in [0.3, 0.4) is 0 Å². The molecule has 1 aromatic rings. The first-order valence-corrected chi connectivity index (χ1v) is 6.61. The quantitative estimate of drug-likeness (QED) is 0.437. The molecule has 0 atom stereocenters. The summed E-state index contributed by atoms with van der Waals surface area (Å²) in [5.74, 6) is 0.569. The molecule has 0 N–H and O–H groups in total. The number of hydrogen-bond acceptors (Lipinski definition) is 2. The Kier molecular flexibility index (Phi) is 5.84. The normalized spacial score (nSPS) is 12.1. The fraction of sp³-hybridized carbons (Fsp3) is 0.312. The van der Waals surface area contributed by atoms with Gasteiger partial charge >= 0.3 is 5.97 Å². The van der Waals surface area contributed by atoms with E-state index >= 15 is 0 Å². The van der Waals surface area contributed by atoms with Crippen molar-refractivity contribution in [2.24, 2.45) is 5.92 Å². The molecular weight excluding hydrogens is 260 g/mol. The van der Waals surface area contributed by atoms with E-state index in [0.717, 1.165) is 11.1 Å². The van der Waals surface area contributed by atoms with Gasteiger partial charge in [-0.2, -0.15) is 0 Å². The third-order valence-electron chi connectivity index (χ3n) is 2.63. The summed E-state index contributed by atoms with van der Waals surface area (Å²) in [7, 11) is 0. The minimum Gasteiger partial charge on any atom is -0.431 e. The second kappa shape index (κ2) is 7.15. The summed E-state index contributed by atoms with van der Waals surface area (Å²) in [4.78, 5) is 11.2. The van der Waals surface area contributed by atoms with Crippen molar-refractivity contribution in [2.45, 2.75) is 27.2 Å². The molecule has 0 amide bonds. The molecule has 0 aliphatic carbocycles. The van der Waals surface area contributed by atoms with Gasteiger partial charge in [-0.3, -0.25) is 4.79 Å². The lowest BCUT2D eigenvalue weighted by Gasteiger charge is -2.17. The largest absolute Gasteiger partial charge is 0.431 e. The molecular formula is C16H19ClO2. The number of carbonyl (C=O) groups excluding carboxylic acids is 1. The molecule has 0 saturated heterocycles. The molecule has 0 bridgehead atoms. The molecule has 0 radical (unpaired) electrons. The summed E-state index contributed by atoms with van der Waals surface area (Å²) >= 11 is 5.90. The Balaban J connectivity index is 3.31. The van der Waals surface area contributed by atoms with Crippen LogP contribution in [-0.2, 0) is 9.53 Å². The van der Waals surface area contributed by atoms with Gasteiger partial charge in [0.15, 0.2) is 0 Å². The molecule has 19 heavy (non-hydrogen) atoms. The summed E-state index contributed by atoms with van der Waals surface area (Å²) in [6.45, 7) is 9.25. The average molecular weight is 279 g/mol. The van der Waals surface area contributed by atoms with Crippen molar-refractivity contribution in [3.8, 4) is 0 Å². The molecule has 0 unspecified atom stereocenters. The highest BCUT2D eigenvalue weighted by atomic mass is 35.5. The van der Waals surface area contributed by atoms with E-state index < -0.39 is 0 Å². The Bertz CT molecular complexity index is 484. The van der Waals surface area contributed by atoms with Gasteiger partial charge in [-0.25, -0.2) is 0 Å². The highest BCUT2D eigenvalue weighted by molar-refractivity contribution is 6.30. The van der Waals surface area contributed by atoms with Gasteiger partial charge in [0.05, 0.1) is 0 Å². The monoisotopic (exact) mass is 278 g/mol. The van der Waals surface area contributed by atoms with Crippen molar-refractivity contribution in [2.75, 3.05) is 0 Å². The van der Waals surface area contributed by atoms with Crippen molar-refractivity contribution in [3.05, 3.63) is 53.3 Å². The lowest BCUT2D eigenvalue weighted by Crippen LogP contribution is -2.05. The highest BCUT2D eigenvalue weighted by Crippen LogP contribution is 2.30. The van der Waals surface area contributed by atoms with Crippen LogP contribution in [-0.4, -0.2) is 5.97 Å². The van der Waals surface area contributed by atoms with Gasteiger partial charge in [-0.1, -0.05) is 43.7 Å². The number of allylic oxidation sites excluding steroid dienone is 2. The van der Waals surface area contributed by atoms with Crippen LogP contribution in [0.1, 0.15) is 32.8 Å². The topological polar surface area (TPSA) is 26.3 Å². The molecule has 3 heteroatoms. The van der Waals surface area contributed by atoms with E-state index in [0.29, 0.717) is 17.2 Å². The number of rotatable bonds is 5. The van der Waals surface area contributed by atoms with E-state index in [9.17, 15) is 4.79 Å². The first-order chi connectivity index (χ1) is 8.95. The third-order valence-corrected chi connectivity index (χ3v) is 2.88. The van der Waals surface area contributed by atoms with Crippen LogP contribution in [0.5, 0.6) is 0 Å². The first kappa shape index (κ1) is 15.5. The Labute approximate surface area is 119 Å². The minimum atomic E-state index is -0.316. The lowest BCUT2D eigenvalue weighted by molar-refractivity contribution is -0.136. The molecule has 0 fully saturated rings. The molecule has 2 nitrogen and oxygen atoms in total. The Hall–Kier alpha value is -1.54. The molecule has 102 valence electrons. The molecule has 0 saturated carbocycles. The summed E-state index contributed by atoms with van der Waals surface area (Å²) in [5.41, 5.74) is 2.02. The first-order valence-electron chi connectivity index (χ1n) is 6.24. The number of benzene rings is 1. The fourth-order valence-electron chi connectivity index (χ4n) is 1.96. The predicted molar refractivity (Wildman–Crippen MR) is 79.8 cm³/mol. The number of hydrogen-bond donors (Lipinski definition) is 0. The minimum absolute atomic E-state index is 0.232. The van der Waals surface area contributed by atoms with Crippen molar-refractivity contribution in [1.29, 1.82) is 0 Å². The van der Waals surface area contributed by atoms with Crippen molar-refractivity contribution in [3.63, 3.8) is 0 Å². The number of carbonyl (C=O) groups is 1. The Morgan fingerprint density at radius 1 is 1.37 bits per heavy atom. The predicted octanol–water partition coefficient (Wildman–Crippen LogP) is 4.85. The maximum atomic E-state index is 11.2. The van der Waals surface area contributed by atoms with Crippen LogP contribution in [0.4, 0.5) is 0 Å². The SMILES string of the molecule is C=CC/C(OC(C)=O)=C(/c1ccc(Cl)cc1)C(C)C. The zero-order chi connectivity index (χ0) is 14.4. The van der Waals surface area contributed by atoms with Crippen LogP contribution in [0.15, 0.2) is 42.7 Å². The van der Waals surface area contributed by atoms with Gasteiger partial charge in [-0.15, -0.1) is 6.58 Å². The van der Waals surface area contributed by atoms with E-state index in [2.05, 4.69) is 20.4 Å². The van der Waals surface area contributed by atoms with Crippen LogP contribution < -0.4 is 0 Å². The van der Waals surface area contributed by atoms with Crippen LogP contribution in [0.2, 0.25) is 5.02 Å². The molecule has 0 heterocycles. The average Bonchev–Trinajstić information content (AvgIpc) is 2.31. The zero-order valence-corrected chi connectivity index (χ0v) is 12.3. The van der Waals surface area contributed by atoms with E-state index in [4.69, 9.17) is 16.3 Å². The van der Waals surface area contributed by atoms with E-state index in [1.165, 1.54) is 6.92 Å². The fourth-order valence-corrected chi connectivity index (χ4v) is 2.08. The van der Waals surface area contributed by atoms with Crippen LogP contribution in [0.25, 0.3) is 5.57 Å². The van der Waals surface area contributed by atoms with Crippen LogP contribution in [0, 0.1) is 5.92 Å². The van der Waals surface area contributed by atoms with Crippen molar-refractivity contribution < 1.29 is 9.53 Å². The summed E-state index contributed by atoms with van der Waals surface area (Å²) in [6, 6.07) is 7.53. The van der Waals surface area contributed by atoms with E-state index in [1.807, 2.05) is 24.3 Å². The molecule has 0 aliphatic rings. The van der Waals surface area contributed by atoms with Crippen molar-refractivity contribution >= 4 is 23.1 Å². The molecule has 0 spiro atoms. The molecule has 0 aliphatic heterocycles. The standard InChI is InChI=1S/C16H19ClO2/c1-5-6-15(19-12(4)18)16(11(2)3)13-7-9-14(17)10-8-13/h5,7-11H,1,6H2,2-4H3/b16-15-. The Morgan fingerprint density at radius 3 is 2.37 bits per heavy atom. The number of esters is 1. The van der Waals surface area contributed by atoms with Gasteiger partial charge in [0.1, 0.15) is 5.76 Å². The summed E-state index contributed by atoms with van der Waals surface area (Å²) in [5, 5.41) is 0.685. The molecule has 1 aromatic carbocycles. The summed E-state index contributed by atoms with van der Waals surface area (Å²) in [6.07, 6.45) is 2.26. The van der Waals surface area contributed by atoms with Crippen LogP contribution >= 0.6 is 11.6 Å². The number of ether oxygens (including phenoxy) is 1. The summed E-state index contributed by atoms with van der Waals surface area (Å²) < 4.78 is 5.34. The zero-order valence-electron chi connectivity index (χ0n) is 11.6. The van der Waals surface area contributed by atoms with Crippen molar-refractivity contribution in [1.82, 2.24) is 0 Å². The van der Waals surface area contributed by atoms with Gasteiger partial charge in [-0.05, 0) is 23.6 Å². The second-order valence-corrected chi connectivity index (χ2v) is 5.02. The second-order valence-electron chi connectivity index (χ2n) is 4.58. The molecule has 0 aromatic heterocycles.